The van der Waals surface area contributed by atoms with Crippen LogP contribution in [0.4, 0.5) is 11.4 Å². The maximum Gasteiger partial charge on any atom is 0.0924 e. The lowest BCUT2D eigenvalue weighted by Crippen LogP contribution is -2.36. The van der Waals surface area contributed by atoms with Crippen molar-refractivity contribution < 1.29 is 0 Å². The lowest BCUT2D eigenvalue weighted by Gasteiger charge is -2.33. The molecule has 0 saturated carbocycles. The topological polar surface area (TPSA) is 65.3 Å². The molecule has 0 aliphatic carbocycles. The van der Waals surface area contributed by atoms with Gasteiger partial charge in [0.25, 0.3) is 0 Å². The van der Waals surface area contributed by atoms with Crippen molar-refractivity contribution in [1.29, 1.82) is 0 Å². The van der Waals surface area contributed by atoms with Crippen LogP contribution in [0.2, 0.25) is 0 Å². The van der Waals surface area contributed by atoms with Crippen molar-refractivity contribution in [2.45, 2.75) is 39.8 Å². The van der Waals surface area contributed by atoms with Gasteiger partial charge in [-0.05, 0) is 52.0 Å². The van der Waals surface area contributed by atoms with E-state index in [1.165, 1.54) is 0 Å². The summed E-state index contributed by atoms with van der Waals surface area (Å²) in [6.45, 7) is 8.45. The predicted octanol–water partition coefficient (Wildman–Crippen LogP) is 3.48. The van der Waals surface area contributed by atoms with Crippen molar-refractivity contribution in [3.63, 3.8) is 0 Å². The molecule has 1 aromatic rings. The van der Waals surface area contributed by atoms with E-state index in [0.717, 1.165) is 5.69 Å². The van der Waals surface area contributed by atoms with E-state index in [9.17, 15) is 9.81 Å². The molecule has 0 aliphatic rings. The minimum Gasteiger partial charge on any atom is -0.367 e. The molecule has 18 heavy (non-hydrogen) atoms. The van der Waals surface area contributed by atoms with E-state index in [1.54, 1.807) is 12.1 Å². The van der Waals surface area contributed by atoms with Gasteiger partial charge in [-0.25, -0.2) is 0 Å². The monoisotopic (exact) mass is 250 g/mol. The summed E-state index contributed by atoms with van der Waals surface area (Å²) in [4.78, 5) is 22.9. The highest BCUT2D eigenvalue weighted by Gasteiger charge is 2.15. The van der Waals surface area contributed by atoms with Crippen LogP contribution in [0, 0.1) is 9.81 Å². The highest BCUT2D eigenvalue weighted by atomic mass is 16.4. The van der Waals surface area contributed by atoms with E-state index in [0.29, 0.717) is 22.9 Å². The molecule has 98 valence electrons. The number of hydrogen-bond donors (Lipinski definition) is 0. The van der Waals surface area contributed by atoms with Crippen LogP contribution in [0.3, 0.4) is 0 Å². The van der Waals surface area contributed by atoms with Gasteiger partial charge in [0.1, 0.15) is 0 Å². The molecule has 0 amide bonds. The number of nitrogens with zero attached hydrogens (tertiary/aromatic N) is 4. The van der Waals surface area contributed by atoms with E-state index in [1.807, 2.05) is 12.1 Å². The average Bonchev–Trinajstić information content (AvgIpc) is 2.31. The normalized spacial score (nSPS) is 10.6. The van der Waals surface area contributed by atoms with Crippen LogP contribution in [0.15, 0.2) is 34.8 Å². The maximum absolute atomic E-state index is 10.3. The minimum atomic E-state index is 0.358. The fourth-order valence-electron chi connectivity index (χ4n) is 2.06. The smallest absolute Gasteiger partial charge is 0.0924 e. The molecule has 0 saturated heterocycles. The number of nitroso groups, excluding NO2 is 2. The van der Waals surface area contributed by atoms with Crippen molar-refractivity contribution in [2.75, 3.05) is 10.0 Å². The molecule has 0 unspecified atom stereocenters. The van der Waals surface area contributed by atoms with E-state index >= 15 is 0 Å². The van der Waals surface area contributed by atoms with Gasteiger partial charge in [-0.2, -0.15) is 0 Å². The zero-order valence-corrected chi connectivity index (χ0v) is 11.1. The first-order chi connectivity index (χ1) is 8.51. The van der Waals surface area contributed by atoms with Gasteiger partial charge in [0.2, 0.25) is 0 Å². The van der Waals surface area contributed by atoms with Gasteiger partial charge in [-0.1, -0.05) is 5.12 Å². The standard InChI is InChI=1S/C12H18N4O2/c1-9(2)15(10(3)4)11-5-7-12(8-6-11)16(13-17)14-18/h5-10H,1-4H3. The molecule has 6 heteroatoms. The van der Waals surface area contributed by atoms with Gasteiger partial charge in [0.05, 0.1) is 16.3 Å². The average molecular weight is 250 g/mol. The zero-order chi connectivity index (χ0) is 13.7. The van der Waals surface area contributed by atoms with Crippen molar-refractivity contribution in [1.82, 2.24) is 0 Å². The fourth-order valence-corrected chi connectivity index (χ4v) is 2.06. The van der Waals surface area contributed by atoms with Gasteiger partial charge >= 0.3 is 0 Å². The molecule has 0 bridgehead atoms. The number of hydrogen-bond acceptors (Lipinski definition) is 5. The highest BCUT2D eigenvalue weighted by Crippen LogP contribution is 2.24. The Labute approximate surface area is 106 Å². The van der Waals surface area contributed by atoms with Crippen LogP contribution in [0.25, 0.3) is 0 Å². The van der Waals surface area contributed by atoms with E-state index in [-0.39, 0.29) is 0 Å². The van der Waals surface area contributed by atoms with Crippen LogP contribution in [-0.4, -0.2) is 12.1 Å². The van der Waals surface area contributed by atoms with Crippen LogP contribution >= 0.6 is 0 Å². The Kier molecular flexibility index (Phi) is 4.76. The summed E-state index contributed by atoms with van der Waals surface area (Å²) in [6.07, 6.45) is 0. The molecule has 1 rings (SSSR count). The van der Waals surface area contributed by atoms with Crippen molar-refractivity contribution in [3.05, 3.63) is 34.1 Å². The van der Waals surface area contributed by atoms with Crippen LogP contribution in [-0.2, 0) is 0 Å². The third-order valence-corrected chi connectivity index (χ3v) is 2.65. The quantitative estimate of drug-likeness (QED) is 0.572. The Morgan fingerprint density at radius 3 is 1.56 bits per heavy atom. The first-order valence-corrected chi connectivity index (χ1v) is 5.86. The molecule has 0 N–H and O–H groups in total. The molecule has 0 spiro atoms. The molecule has 0 atom stereocenters. The number of benzene rings is 1. The SMILES string of the molecule is CC(C)N(c1ccc(N(N=O)N=O)cc1)C(C)C. The Hall–Kier alpha value is -1.98. The van der Waals surface area contributed by atoms with E-state index < -0.39 is 0 Å². The van der Waals surface area contributed by atoms with Crippen molar-refractivity contribution in [2.24, 2.45) is 10.6 Å². The first kappa shape index (κ1) is 14.1. The number of anilines is 2. The third-order valence-electron chi connectivity index (χ3n) is 2.65. The summed E-state index contributed by atoms with van der Waals surface area (Å²) in [5.74, 6) is 0. The summed E-state index contributed by atoms with van der Waals surface area (Å²) >= 11 is 0. The van der Waals surface area contributed by atoms with Crippen LogP contribution in [0.5, 0.6) is 0 Å². The van der Waals surface area contributed by atoms with Crippen LogP contribution in [0.1, 0.15) is 27.7 Å². The molecule has 0 radical (unpaired) electrons. The summed E-state index contributed by atoms with van der Waals surface area (Å²) in [6, 6.07) is 7.71. The van der Waals surface area contributed by atoms with Gasteiger partial charge in [0.15, 0.2) is 0 Å². The van der Waals surface area contributed by atoms with Crippen molar-refractivity contribution in [3.8, 4) is 0 Å². The van der Waals surface area contributed by atoms with Gasteiger partial charge in [-0.3, -0.25) is 0 Å². The molecule has 0 aromatic heterocycles. The van der Waals surface area contributed by atoms with Gasteiger partial charge in [0, 0.05) is 17.8 Å². The Morgan fingerprint density at radius 1 is 0.833 bits per heavy atom. The first-order valence-electron chi connectivity index (χ1n) is 5.86. The van der Waals surface area contributed by atoms with Gasteiger partial charge in [-0.15, -0.1) is 9.81 Å². The minimum absolute atomic E-state index is 0.358. The Bertz CT molecular complexity index is 387. The summed E-state index contributed by atoms with van der Waals surface area (Å²) < 4.78 is 0. The second-order valence-electron chi connectivity index (χ2n) is 4.56. The maximum atomic E-state index is 10.3. The number of rotatable bonds is 6. The molecule has 0 heterocycles. The van der Waals surface area contributed by atoms with Crippen LogP contribution < -0.4 is 10.0 Å². The second-order valence-corrected chi connectivity index (χ2v) is 4.56. The Balaban J connectivity index is 3.00. The summed E-state index contributed by atoms with van der Waals surface area (Å²) in [5, 5.41) is 5.54. The molecule has 0 aliphatic heterocycles. The zero-order valence-electron chi connectivity index (χ0n) is 11.1. The molecule has 1 aromatic carbocycles. The highest BCUT2D eigenvalue weighted by molar-refractivity contribution is 5.56. The largest absolute Gasteiger partial charge is 0.367 e. The fraction of sp³-hybridized carbons (Fsp3) is 0.500. The summed E-state index contributed by atoms with van der Waals surface area (Å²) in [7, 11) is 0. The van der Waals surface area contributed by atoms with Gasteiger partial charge < -0.3 is 4.90 Å². The predicted molar refractivity (Wildman–Crippen MR) is 73.3 cm³/mol. The lowest BCUT2D eigenvalue weighted by molar-refractivity contribution is 0.608. The lowest BCUT2D eigenvalue weighted by atomic mass is 10.1. The molecule has 0 fully saturated rings. The van der Waals surface area contributed by atoms with E-state index in [4.69, 9.17) is 0 Å². The second kappa shape index (κ2) is 6.09. The molecular weight excluding hydrogens is 232 g/mol. The molecular formula is C12H18N4O2. The third kappa shape index (κ3) is 3.03. The van der Waals surface area contributed by atoms with E-state index in [2.05, 4.69) is 43.2 Å². The summed E-state index contributed by atoms with van der Waals surface area (Å²) in [5.41, 5.74) is 1.39. The van der Waals surface area contributed by atoms with Crippen molar-refractivity contribution >= 4 is 11.4 Å². The Morgan fingerprint density at radius 2 is 1.22 bits per heavy atom. The molecule has 6 nitrogen and oxygen atoms in total.